The predicted octanol–water partition coefficient (Wildman–Crippen LogP) is 2.24. The summed E-state index contributed by atoms with van der Waals surface area (Å²) in [6.45, 7) is 5.31. The molecule has 1 unspecified atom stereocenters. The van der Waals surface area contributed by atoms with Crippen LogP contribution in [-0.2, 0) is 0 Å². The molecule has 0 aliphatic carbocycles. The second-order valence-corrected chi connectivity index (χ2v) is 3.75. The van der Waals surface area contributed by atoms with Crippen molar-refractivity contribution in [3.63, 3.8) is 0 Å². The van der Waals surface area contributed by atoms with Crippen LogP contribution >= 0.6 is 0 Å². The zero-order valence-electron chi connectivity index (χ0n) is 9.47. The summed E-state index contributed by atoms with van der Waals surface area (Å²) in [4.78, 5) is 11.7. The lowest BCUT2D eigenvalue weighted by Crippen LogP contribution is -2.32. The van der Waals surface area contributed by atoms with Crippen molar-refractivity contribution in [3.8, 4) is 0 Å². The molecule has 0 heterocycles. The van der Waals surface area contributed by atoms with Crippen molar-refractivity contribution < 1.29 is 13.6 Å². The van der Waals surface area contributed by atoms with Crippen LogP contribution < -0.4 is 11.1 Å². The maximum atomic E-state index is 13.0. The lowest BCUT2D eigenvalue weighted by Gasteiger charge is -2.13. The first kappa shape index (κ1) is 13.2. The van der Waals surface area contributed by atoms with Crippen molar-refractivity contribution in [1.29, 1.82) is 0 Å². The highest BCUT2D eigenvalue weighted by atomic mass is 19.2. The highest BCUT2D eigenvalue weighted by Gasteiger charge is 2.15. The van der Waals surface area contributed by atoms with Gasteiger partial charge in [0.1, 0.15) is 0 Å². The SMILES string of the molecule is C=CCC(C)NC(=O)c1cc(F)c(F)cc1N. The first-order valence-corrected chi connectivity index (χ1v) is 5.12. The van der Waals surface area contributed by atoms with E-state index in [0.29, 0.717) is 6.42 Å². The highest BCUT2D eigenvalue weighted by molar-refractivity contribution is 5.99. The van der Waals surface area contributed by atoms with Crippen LogP contribution in [-0.4, -0.2) is 11.9 Å². The normalized spacial score (nSPS) is 11.9. The summed E-state index contributed by atoms with van der Waals surface area (Å²) < 4.78 is 25.8. The minimum Gasteiger partial charge on any atom is -0.398 e. The summed E-state index contributed by atoms with van der Waals surface area (Å²) in [5.74, 6) is -2.70. The third kappa shape index (κ3) is 3.27. The Balaban J connectivity index is 2.89. The van der Waals surface area contributed by atoms with E-state index in [1.165, 1.54) is 0 Å². The molecule has 1 aromatic carbocycles. The number of anilines is 1. The zero-order valence-corrected chi connectivity index (χ0v) is 9.47. The number of nitrogen functional groups attached to an aromatic ring is 1. The van der Waals surface area contributed by atoms with Crippen LogP contribution in [0.25, 0.3) is 0 Å². The maximum Gasteiger partial charge on any atom is 0.253 e. The van der Waals surface area contributed by atoms with Gasteiger partial charge in [0.05, 0.1) is 5.56 Å². The number of carbonyl (C=O) groups is 1. The smallest absolute Gasteiger partial charge is 0.253 e. The minimum atomic E-state index is -1.10. The molecule has 3 N–H and O–H groups in total. The van der Waals surface area contributed by atoms with Gasteiger partial charge >= 0.3 is 0 Å². The first-order chi connectivity index (χ1) is 7.95. The third-order valence-corrected chi connectivity index (χ3v) is 2.23. The Morgan fingerprint density at radius 3 is 2.71 bits per heavy atom. The van der Waals surface area contributed by atoms with E-state index in [2.05, 4.69) is 11.9 Å². The van der Waals surface area contributed by atoms with Crippen LogP contribution in [0.5, 0.6) is 0 Å². The summed E-state index contributed by atoms with van der Waals surface area (Å²) >= 11 is 0. The van der Waals surface area contributed by atoms with Crippen molar-refractivity contribution in [2.24, 2.45) is 0 Å². The molecule has 0 aliphatic rings. The van der Waals surface area contributed by atoms with Crippen LogP contribution in [0.2, 0.25) is 0 Å². The molecule has 0 aliphatic heterocycles. The van der Waals surface area contributed by atoms with Gasteiger partial charge in [0.25, 0.3) is 5.91 Å². The van der Waals surface area contributed by atoms with Gasteiger partial charge in [-0.15, -0.1) is 6.58 Å². The summed E-state index contributed by atoms with van der Waals surface area (Å²) in [7, 11) is 0. The molecule has 0 bridgehead atoms. The number of amides is 1. The van der Waals surface area contributed by atoms with Gasteiger partial charge in [0.2, 0.25) is 0 Å². The van der Waals surface area contributed by atoms with Gasteiger partial charge in [-0.2, -0.15) is 0 Å². The van der Waals surface area contributed by atoms with Crippen molar-refractivity contribution in [2.45, 2.75) is 19.4 Å². The average molecular weight is 240 g/mol. The molecule has 3 nitrogen and oxygen atoms in total. The summed E-state index contributed by atoms with van der Waals surface area (Å²) in [6.07, 6.45) is 2.23. The molecule has 0 saturated carbocycles. The number of carbonyl (C=O) groups excluding carboxylic acids is 1. The molecule has 17 heavy (non-hydrogen) atoms. The van der Waals surface area contributed by atoms with E-state index in [9.17, 15) is 13.6 Å². The Morgan fingerprint density at radius 1 is 1.53 bits per heavy atom. The average Bonchev–Trinajstić information content (AvgIpc) is 2.23. The van der Waals surface area contributed by atoms with E-state index >= 15 is 0 Å². The summed E-state index contributed by atoms with van der Waals surface area (Å²) in [5, 5.41) is 2.61. The molecule has 1 rings (SSSR count). The van der Waals surface area contributed by atoms with E-state index in [4.69, 9.17) is 5.73 Å². The molecule has 1 aromatic rings. The van der Waals surface area contributed by atoms with Gasteiger partial charge in [0, 0.05) is 17.8 Å². The molecule has 0 saturated heterocycles. The predicted molar refractivity (Wildman–Crippen MR) is 62.5 cm³/mol. The molecule has 0 radical (unpaired) electrons. The molecule has 0 spiro atoms. The Bertz CT molecular complexity index is 446. The van der Waals surface area contributed by atoms with Gasteiger partial charge in [0.15, 0.2) is 11.6 Å². The van der Waals surface area contributed by atoms with Crippen molar-refractivity contribution in [3.05, 3.63) is 42.0 Å². The molecule has 0 fully saturated rings. The van der Waals surface area contributed by atoms with E-state index in [1.54, 1.807) is 13.0 Å². The summed E-state index contributed by atoms with van der Waals surface area (Å²) in [6, 6.07) is 1.44. The number of nitrogens with two attached hydrogens (primary N) is 1. The van der Waals surface area contributed by atoms with Gasteiger partial charge in [-0.1, -0.05) is 6.08 Å². The van der Waals surface area contributed by atoms with Crippen molar-refractivity contribution in [1.82, 2.24) is 5.32 Å². The van der Waals surface area contributed by atoms with Crippen molar-refractivity contribution >= 4 is 11.6 Å². The van der Waals surface area contributed by atoms with Gasteiger partial charge in [-0.05, 0) is 19.4 Å². The van der Waals surface area contributed by atoms with Crippen LogP contribution in [0.3, 0.4) is 0 Å². The monoisotopic (exact) mass is 240 g/mol. The van der Waals surface area contributed by atoms with Gasteiger partial charge in [-0.3, -0.25) is 4.79 Å². The Kier molecular flexibility index (Phi) is 4.20. The maximum absolute atomic E-state index is 13.0. The van der Waals surface area contributed by atoms with E-state index in [1.807, 2.05) is 0 Å². The number of rotatable bonds is 4. The zero-order chi connectivity index (χ0) is 13.0. The van der Waals surface area contributed by atoms with Crippen LogP contribution in [0.4, 0.5) is 14.5 Å². The summed E-state index contributed by atoms with van der Waals surface area (Å²) in [5.41, 5.74) is 5.29. The van der Waals surface area contributed by atoms with E-state index in [-0.39, 0.29) is 17.3 Å². The fourth-order valence-corrected chi connectivity index (χ4v) is 1.37. The topological polar surface area (TPSA) is 55.1 Å². The van der Waals surface area contributed by atoms with Crippen LogP contribution in [0, 0.1) is 11.6 Å². The largest absolute Gasteiger partial charge is 0.398 e. The number of hydrogen-bond donors (Lipinski definition) is 2. The highest BCUT2D eigenvalue weighted by Crippen LogP contribution is 2.17. The first-order valence-electron chi connectivity index (χ1n) is 5.12. The molecular weight excluding hydrogens is 226 g/mol. The van der Waals surface area contributed by atoms with Gasteiger partial charge in [-0.25, -0.2) is 8.78 Å². The number of hydrogen-bond acceptors (Lipinski definition) is 2. The van der Waals surface area contributed by atoms with E-state index < -0.39 is 17.5 Å². The van der Waals surface area contributed by atoms with E-state index in [0.717, 1.165) is 12.1 Å². The molecule has 1 amide bonds. The fourth-order valence-electron chi connectivity index (χ4n) is 1.37. The third-order valence-electron chi connectivity index (χ3n) is 2.23. The molecular formula is C12H14F2N2O. The fraction of sp³-hybridized carbons (Fsp3) is 0.250. The van der Waals surface area contributed by atoms with Crippen LogP contribution in [0.15, 0.2) is 24.8 Å². The molecule has 92 valence electrons. The number of halogens is 2. The second kappa shape index (κ2) is 5.43. The standard InChI is InChI=1S/C12H14F2N2O/c1-3-4-7(2)16-12(17)8-5-9(13)10(14)6-11(8)15/h3,5-7H,1,4,15H2,2H3,(H,16,17). The quantitative estimate of drug-likeness (QED) is 0.626. The molecule has 5 heteroatoms. The lowest BCUT2D eigenvalue weighted by atomic mass is 10.1. The lowest BCUT2D eigenvalue weighted by molar-refractivity contribution is 0.0941. The number of benzene rings is 1. The second-order valence-electron chi connectivity index (χ2n) is 3.75. The number of nitrogens with one attached hydrogen (secondary N) is 1. The van der Waals surface area contributed by atoms with Gasteiger partial charge < -0.3 is 11.1 Å². The minimum absolute atomic E-state index is 0.0696. The molecule has 1 atom stereocenters. The van der Waals surface area contributed by atoms with Crippen molar-refractivity contribution in [2.75, 3.05) is 5.73 Å². The molecule has 0 aromatic heterocycles. The Morgan fingerprint density at radius 2 is 2.12 bits per heavy atom. The van der Waals surface area contributed by atoms with Crippen LogP contribution in [0.1, 0.15) is 23.7 Å². The Hall–Kier alpha value is -1.91. The Labute approximate surface area is 98.3 Å².